The zero-order chi connectivity index (χ0) is 17.0. The van der Waals surface area contributed by atoms with E-state index < -0.39 is 0 Å². The van der Waals surface area contributed by atoms with Crippen molar-refractivity contribution in [2.45, 2.75) is 45.1 Å². The molecule has 6 aliphatic carbocycles. The van der Waals surface area contributed by atoms with Crippen LogP contribution in [0.4, 0.5) is 0 Å². The van der Waals surface area contributed by atoms with E-state index in [-0.39, 0.29) is 12.1 Å². The van der Waals surface area contributed by atoms with E-state index in [0.29, 0.717) is 23.3 Å². The molecule has 0 heterocycles. The maximum Gasteiger partial charge on any atom is 0.333 e. The second-order valence-electron chi connectivity index (χ2n) is 10.1. The number of fused-ring (bicyclic) bond motifs is 16. The molecule has 0 radical (unpaired) electrons. The van der Waals surface area contributed by atoms with E-state index in [9.17, 15) is 10.1 Å². The van der Waals surface area contributed by atoms with Gasteiger partial charge in [0.05, 0.1) is 6.07 Å². The monoisotopic (exact) mass is 337 g/mol. The molecule has 0 amide bonds. The van der Waals surface area contributed by atoms with Gasteiger partial charge in [0.1, 0.15) is 6.10 Å². The van der Waals surface area contributed by atoms with Gasteiger partial charge in [-0.2, -0.15) is 5.26 Å². The second kappa shape index (κ2) is 4.70. The fourth-order valence-electron chi connectivity index (χ4n) is 9.29. The van der Waals surface area contributed by atoms with Gasteiger partial charge in [0.15, 0.2) is 0 Å². The SMILES string of the molecule is C=C(C)C(=O)OC1CC2CC1C1C3CC(C21)C1C2CC(CC2C#N)C31. The van der Waals surface area contributed by atoms with E-state index in [1.807, 2.05) is 0 Å². The van der Waals surface area contributed by atoms with E-state index in [1.54, 1.807) is 6.92 Å². The Hall–Kier alpha value is -1.30. The summed E-state index contributed by atoms with van der Waals surface area (Å²) in [6.45, 7) is 5.50. The Bertz CT molecular complexity index is 707. The van der Waals surface area contributed by atoms with Crippen LogP contribution in [0.5, 0.6) is 0 Å². The highest BCUT2D eigenvalue weighted by atomic mass is 16.5. The van der Waals surface area contributed by atoms with Crippen LogP contribution in [-0.2, 0) is 9.53 Å². The third kappa shape index (κ3) is 1.65. The van der Waals surface area contributed by atoms with E-state index in [0.717, 1.165) is 53.8 Å². The Balaban J connectivity index is 1.27. The molecule has 12 unspecified atom stereocenters. The molecule has 6 fully saturated rings. The van der Waals surface area contributed by atoms with Gasteiger partial charge in [-0.1, -0.05) is 6.58 Å². The lowest BCUT2D eigenvalue weighted by atomic mass is 9.58. The molecule has 0 saturated heterocycles. The normalized spacial score (nSPS) is 58.9. The molecule has 3 heteroatoms. The molecule has 12 atom stereocenters. The molecule has 6 rings (SSSR count). The number of esters is 1. The topological polar surface area (TPSA) is 50.1 Å². The summed E-state index contributed by atoms with van der Waals surface area (Å²) in [6.07, 6.45) is 6.45. The van der Waals surface area contributed by atoms with Crippen molar-refractivity contribution in [3.8, 4) is 6.07 Å². The molecule has 3 nitrogen and oxygen atoms in total. The Kier molecular flexibility index (Phi) is 2.79. The highest BCUT2D eigenvalue weighted by Crippen LogP contribution is 2.77. The van der Waals surface area contributed by atoms with Gasteiger partial charge in [-0.05, 0) is 98.2 Å². The van der Waals surface area contributed by atoms with Crippen molar-refractivity contribution < 1.29 is 9.53 Å². The van der Waals surface area contributed by atoms with E-state index >= 15 is 0 Å². The number of hydrogen-bond acceptors (Lipinski definition) is 3. The van der Waals surface area contributed by atoms with E-state index in [4.69, 9.17) is 4.74 Å². The summed E-state index contributed by atoms with van der Waals surface area (Å²) in [7, 11) is 0. The molecule has 6 bridgehead atoms. The Morgan fingerprint density at radius 3 is 2.24 bits per heavy atom. The fraction of sp³-hybridized carbons (Fsp3) is 0.818. The van der Waals surface area contributed by atoms with Crippen LogP contribution in [0.1, 0.15) is 39.0 Å². The van der Waals surface area contributed by atoms with Gasteiger partial charge in [-0.3, -0.25) is 0 Å². The van der Waals surface area contributed by atoms with Crippen LogP contribution in [-0.4, -0.2) is 12.1 Å². The molecule has 0 aromatic heterocycles. The number of carbonyl (C=O) groups excluding carboxylic acids is 1. The zero-order valence-corrected chi connectivity index (χ0v) is 14.9. The van der Waals surface area contributed by atoms with Crippen LogP contribution in [0.15, 0.2) is 12.2 Å². The Morgan fingerprint density at radius 2 is 1.56 bits per heavy atom. The molecule has 0 aliphatic heterocycles. The predicted molar refractivity (Wildman–Crippen MR) is 91.8 cm³/mol. The van der Waals surface area contributed by atoms with Crippen molar-refractivity contribution in [3.05, 3.63) is 12.2 Å². The lowest BCUT2D eigenvalue weighted by Crippen LogP contribution is -2.45. The van der Waals surface area contributed by atoms with Crippen molar-refractivity contribution >= 4 is 5.97 Å². The second-order valence-corrected chi connectivity index (χ2v) is 10.1. The quantitative estimate of drug-likeness (QED) is 0.437. The number of ether oxygens (including phenoxy) is 1. The summed E-state index contributed by atoms with van der Waals surface area (Å²) in [6, 6.07) is 2.63. The summed E-state index contributed by atoms with van der Waals surface area (Å²) >= 11 is 0. The Morgan fingerprint density at radius 1 is 0.920 bits per heavy atom. The predicted octanol–water partition coefficient (Wildman–Crippen LogP) is 3.81. The molecular formula is C22H27NO2. The molecule has 6 saturated carbocycles. The number of hydrogen-bond donors (Lipinski definition) is 0. The minimum atomic E-state index is -0.188. The van der Waals surface area contributed by atoms with Crippen LogP contribution in [0.3, 0.4) is 0 Å². The number of nitriles is 1. The number of rotatable bonds is 2. The summed E-state index contributed by atoms with van der Waals surface area (Å²) < 4.78 is 5.85. The highest BCUT2D eigenvalue weighted by Gasteiger charge is 2.73. The van der Waals surface area contributed by atoms with E-state index in [1.165, 1.54) is 25.7 Å². The summed E-state index contributed by atoms with van der Waals surface area (Å²) in [4.78, 5) is 12.0. The van der Waals surface area contributed by atoms with Crippen molar-refractivity contribution in [1.82, 2.24) is 0 Å². The molecule has 6 aliphatic rings. The van der Waals surface area contributed by atoms with Gasteiger partial charge >= 0.3 is 5.97 Å². The van der Waals surface area contributed by atoms with Crippen molar-refractivity contribution in [2.75, 3.05) is 0 Å². The molecule has 0 aromatic carbocycles. The average Bonchev–Trinajstić information content (AvgIpc) is 3.36. The van der Waals surface area contributed by atoms with Crippen LogP contribution in [0.2, 0.25) is 0 Å². The van der Waals surface area contributed by atoms with Gasteiger partial charge in [0, 0.05) is 11.5 Å². The smallest absolute Gasteiger partial charge is 0.333 e. The third-order valence-electron chi connectivity index (χ3n) is 9.50. The molecular weight excluding hydrogens is 310 g/mol. The lowest BCUT2D eigenvalue weighted by Gasteiger charge is -2.47. The first-order chi connectivity index (χ1) is 12.1. The maximum absolute atomic E-state index is 12.0. The molecule has 25 heavy (non-hydrogen) atoms. The van der Waals surface area contributed by atoms with Crippen LogP contribution < -0.4 is 0 Å². The van der Waals surface area contributed by atoms with Gasteiger partial charge < -0.3 is 4.74 Å². The highest BCUT2D eigenvalue weighted by molar-refractivity contribution is 5.87. The summed E-state index contributed by atoms with van der Waals surface area (Å²) in [5, 5.41) is 9.53. The van der Waals surface area contributed by atoms with Crippen LogP contribution >= 0.6 is 0 Å². The third-order valence-corrected chi connectivity index (χ3v) is 9.50. The molecule has 0 aromatic rings. The van der Waals surface area contributed by atoms with Crippen molar-refractivity contribution in [1.29, 1.82) is 5.26 Å². The van der Waals surface area contributed by atoms with Crippen LogP contribution in [0, 0.1) is 76.4 Å². The number of nitrogens with zero attached hydrogens (tertiary/aromatic N) is 1. The van der Waals surface area contributed by atoms with Gasteiger partial charge in [-0.25, -0.2) is 4.79 Å². The Labute approximate surface area is 149 Å². The average molecular weight is 337 g/mol. The largest absolute Gasteiger partial charge is 0.459 e. The standard InChI is InChI=1S/C22H27NO2/c1-9(2)22(24)25-17-6-11-5-14(17)21-16-7-15(19(11)21)20-13-4-10(18(16)20)3-12(13)8-23/h10-21H,1,3-7H2,2H3. The van der Waals surface area contributed by atoms with Gasteiger partial charge in [-0.15, -0.1) is 0 Å². The van der Waals surface area contributed by atoms with E-state index in [2.05, 4.69) is 12.6 Å². The number of carbonyl (C=O) groups is 1. The van der Waals surface area contributed by atoms with Crippen molar-refractivity contribution in [3.63, 3.8) is 0 Å². The minimum absolute atomic E-state index is 0.152. The van der Waals surface area contributed by atoms with Crippen molar-refractivity contribution in [2.24, 2.45) is 65.1 Å². The zero-order valence-electron chi connectivity index (χ0n) is 14.9. The summed E-state index contributed by atoms with van der Waals surface area (Å²) in [5.74, 6) is 8.31. The molecule has 0 N–H and O–H groups in total. The molecule has 0 spiro atoms. The first-order valence-electron chi connectivity index (χ1n) is 10.3. The summed E-state index contributed by atoms with van der Waals surface area (Å²) in [5.41, 5.74) is 0.531. The lowest BCUT2D eigenvalue weighted by molar-refractivity contribution is -0.150. The molecule has 132 valence electrons. The minimum Gasteiger partial charge on any atom is -0.459 e. The van der Waals surface area contributed by atoms with Gasteiger partial charge in [0.2, 0.25) is 0 Å². The van der Waals surface area contributed by atoms with Gasteiger partial charge in [0.25, 0.3) is 0 Å². The fourth-order valence-corrected chi connectivity index (χ4v) is 9.29. The van der Waals surface area contributed by atoms with Crippen LogP contribution in [0.25, 0.3) is 0 Å². The first kappa shape index (κ1) is 14.8. The first-order valence-corrected chi connectivity index (χ1v) is 10.3. The maximum atomic E-state index is 12.0.